The van der Waals surface area contributed by atoms with Crippen LogP contribution in [0.4, 0.5) is 0 Å². The summed E-state index contributed by atoms with van der Waals surface area (Å²) >= 11 is 0. The van der Waals surface area contributed by atoms with E-state index < -0.39 is 0 Å². The summed E-state index contributed by atoms with van der Waals surface area (Å²) < 4.78 is 0. The van der Waals surface area contributed by atoms with Crippen LogP contribution >= 0.6 is 0 Å². The van der Waals surface area contributed by atoms with Crippen LogP contribution in [0, 0.1) is 6.92 Å². The van der Waals surface area contributed by atoms with Crippen molar-refractivity contribution in [1.29, 1.82) is 0 Å². The fourth-order valence-corrected chi connectivity index (χ4v) is 3.51. The van der Waals surface area contributed by atoms with Crippen molar-refractivity contribution in [3.8, 4) is 0 Å². The highest BCUT2D eigenvalue weighted by atomic mass is 14.1. The molecular formula is C27H30. The van der Waals surface area contributed by atoms with Crippen molar-refractivity contribution >= 4 is 5.57 Å². The van der Waals surface area contributed by atoms with Gasteiger partial charge in [0.15, 0.2) is 0 Å². The standard InChI is InChI=1S/C27H30/c1-3-24(27-19-16-22(2)17-20-27)12-8-7-10-23-11-9-15-26(21-18-23)25-13-5-4-6-14-25/h4-6,8-9,11-14,16-21,24H,3,7,10,15H2,1-2H3/b12-8-. The molecule has 0 heterocycles. The SMILES string of the molecule is CCC(/C=C\CCC1=CC=C(c2ccccc2)CC=C1)c1ccc(C)cc1. The van der Waals surface area contributed by atoms with E-state index >= 15 is 0 Å². The molecule has 1 unspecified atom stereocenters. The van der Waals surface area contributed by atoms with E-state index in [1.807, 2.05) is 0 Å². The fourth-order valence-electron chi connectivity index (χ4n) is 3.51. The molecule has 0 radical (unpaired) electrons. The minimum absolute atomic E-state index is 0.522. The molecule has 0 bridgehead atoms. The van der Waals surface area contributed by atoms with E-state index in [0.29, 0.717) is 5.92 Å². The molecule has 138 valence electrons. The first-order valence-electron chi connectivity index (χ1n) is 10.1. The minimum atomic E-state index is 0.522. The van der Waals surface area contributed by atoms with Gasteiger partial charge in [-0.1, -0.05) is 104 Å². The van der Waals surface area contributed by atoms with Gasteiger partial charge < -0.3 is 0 Å². The van der Waals surface area contributed by atoms with Gasteiger partial charge in [-0.25, -0.2) is 0 Å². The highest BCUT2D eigenvalue weighted by molar-refractivity contribution is 5.69. The van der Waals surface area contributed by atoms with Crippen LogP contribution in [0.3, 0.4) is 0 Å². The third kappa shape index (κ3) is 5.69. The lowest BCUT2D eigenvalue weighted by Crippen LogP contribution is -1.93. The minimum Gasteiger partial charge on any atom is -0.0876 e. The highest BCUT2D eigenvalue weighted by Gasteiger charge is 2.05. The third-order valence-electron chi connectivity index (χ3n) is 5.23. The monoisotopic (exact) mass is 354 g/mol. The largest absolute Gasteiger partial charge is 0.0876 e. The Morgan fingerprint density at radius 2 is 1.74 bits per heavy atom. The van der Waals surface area contributed by atoms with Crippen molar-refractivity contribution in [2.24, 2.45) is 0 Å². The topological polar surface area (TPSA) is 0 Å². The molecule has 0 fully saturated rings. The first-order valence-corrected chi connectivity index (χ1v) is 10.1. The van der Waals surface area contributed by atoms with Gasteiger partial charge in [-0.15, -0.1) is 0 Å². The van der Waals surface area contributed by atoms with Crippen molar-refractivity contribution in [3.05, 3.63) is 113 Å². The smallest absolute Gasteiger partial charge is 0.00153 e. The maximum absolute atomic E-state index is 2.39. The molecule has 0 saturated carbocycles. The molecule has 0 spiro atoms. The Kier molecular flexibility index (Phi) is 7.04. The van der Waals surface area contributed by atoms with Crippen LogP contribution in [0.2, 0.25) is 0 Å². The second-order valence-electron chi connectivity index (χ2n) is 7.30. The Balaban J connectivity index is 1.57. The van der Waals surface area contributed by atoms with E-state index in [-0.39, 0.29) is 0 Å². The molecule has 0 heteroatoms. The second-order valence-corrected chi connectivity index (χ2v) is 7.30. The molecule has 2 aromatic carbocycles. The molecule has 3 rings (SSSR count). The van der Waals surface area contributed by atoms with Gasteiger partial charge in [-0.05, 0) is 54.9 Å². The van der Waals surface area contributed by atoms with Crippen LogP contribution in [0.1, 0.15) is 55.2 Å². The predicted molar refractivity (Wildman–Crippen MR) is 119 cm³/mol. The summed E-state index contributed by atoms with van der Waals surface area (Å²) in [4.78, 5) is 0. The normalized spacial score (nSPS) is 15.3. The van der Waals surface area contributed by atoms with Gasteiger partial charge in [0.1, 0.15) is 0 Å². The molecule has 1 atom stereocenters. The van der Waals surface area contributed by atoms with Crippen LogP contribution in [0.15, 0.2) is 96.6 Å². The van der Waals surface area contributed by atoms with E-state index in [0.717, 1.165) is 25.7 Å². The summed E-state index contributed by atoms with van der Waals surface area (Å²) in [6.45, 7) is 4.41. The van der Waals surface area contributed by atoms with Crippen molar-refractivity contribution in [3.63, 3.8) is 0 Å². The van der Waals surface area contributed by atoms with Gasteiger partial charge >= 0.3 is 0 Å². The number of benzene rings is 2. The lowest BCUT2D eigenvalue weighted by molar-refractivity contribution is 0.798. The Bertz CT molecular complexity index is 829. The maximum Gasteiger partial charge on any atom is 0.00153 e. The molecule has 2 aromatic rings. The molecule has 0 amide bonds. The zero-order chi connectivity index (χ0) is 18.9. The number of allylic oxidation sites excluding steroid dienone is 8. The van der Waals surface area contributed by atoms with Gasteiger partial charge in [0, 0.05) is 5.92 Å². The van der Waals surface area contributed by atoms with Gasteiger partial charge in [-0.2, -0.15) is 0 Å². The van der Waals surface area contributed by atoms with E-state index in [4.69, 9.17) is 0 Å². The van der Waals surface area contributed by atoms with Crippen molar-refractivity contribution in [2.45, 2.75) is 45.4 Å². The summed E-state index contributed by atoms with van der Waals surface area (Å²) in [7, 11) is 0. The lowest BCUT2D eigenvalue weighted by atomic mass is 9.94. The van der Waals surface area contributed by atoms with Gasteiger partial charge in [-0.3, -0.25) is 0 Å². The van der Waals surface area contributed by atoms with Crippen LogP contribution in [-0.4, -0.2) is 0 Å². The van der Waals surface area contributed by atoms with Gasteiger partial charge in [0.2, 0.25) is 0 Å². The zero-order valence-corrected chi connectivity index (χ0v) is 16.6. The fraction of sp³-hybridized carbons (Fsp3) is 0.259. The zero-order valence-electron chi connectivity index (χ0n) is 16.6. The van der Waals surface area contributed by atoms with Crippen LogP contribution in [0.5, 0.6) is 0 Å². The summed E-state index contributed by atoms with van der Waals surface area (Å²) in [6.07, 6.45) is 18.2. The van der Waals surface area contributed by atoms with E-state index in [1.54, 1.807) is 0 Å². The first-order chi connectivity index (χ1) is 13.3. The third-order valence-corrected chi connectivity index (χ3v) is 5.23. The first kappa shape index (κ1) is 19.2. The van der Waals surface area contributed by atoms with Crippen molar-refractivity contribution < 1.29 is 0 Å². The Hall–Kier alpha value is -2.60. The predicted octanol–water partition coefficient (Wildman–Crippen LogP) is 7.79. The second kappa shape index (κ2) is 9.92. The highest BCUT2D eigenvalue weighted by Crippen LogP contribution is 2.24. The molecule has 0 N–H and O–H groups in total. The number of hydrogen-bond donors (Lipinski definition) is 0. The number of aryl methyl sites for hydroxylation is 1. The maximum atomic E-state index is 2.39. The lowest BCUT2D eigenvalue weighted by Gasteiger charge is -2.11. The quantitative estimate of drug-likeness (QED) is 0.445. The van der Waals surface area contributed by atoms with E-state index in [1.165, 1.54) is 27.8 Å². The Labute approximate surface area is 164 Å². The van der Waals surface area contributed by atoms with E-state index in [9.17, 15) is 0 Å². The average Bonchev–Trinajstić information content (AvgIpc) is 2.95. The van der Waals surface area contributed by atoms with Crippen LogP contribution in [-0.2, 0) is 0 Å². The van der Waals surface area contributed by atoms with Crippen molar-refractivity contribution in [2.75, 3.05) is 0 Å². The van der Waals surface area contributed by atoms with Crippen LogP contribution < -0.4 is 0 Å². The number of hydrogen-bond acceptors (Lipinski definition) is 0. The Morgan fingerprint density at radius 1 is 0.963 bits per heavy atom. The average molecular weight is 355 g/mol. The molecule has 27 heavy (non-hydrogen) atoms. The van der Waals surface area contributed by atoms with Crippen LogP contribution in [0.25, 0.3) is 5.57 Å². The summed E-state index contributed by atoms with van der Waals surface area (Å²) in [5, 5.41) is 0. The molecule has 1 aliphatic carbocycles. The molecule has 1 aliphatic rings. The molecular weight excluding hydrogens is 324 g/mol. The Morgan fingerprint density at radius 3 is 2.48 bits per heavy atom. The summed E-state index contributed by atoms with van der Waals surface area (Å²) in [6, 6.07) is 19.6. The molecule has 0 saturated heterocycles. The molecule has 0 nitrogen and oxygen atoms in total. The summed E-state index contributed by atoms with van der Waals surface area (Å²) in [5.41, 5.74) is 6.87. The molecule has 0 aromatic heterocycles. The molecule has 0 aliphatic heterocycles. The summed E-state index contributed by atoms with van der Waals surface area (Å²) in [5.74, 6) is 0.522. The number of rotatable bonds is 7. The van der Waals surface area contributed by atoms with Crippen molar-refractivity contribution in [1.82, 2.24) is 0 Å². The van der Waals surface area contributed by atoms with Gasteiger partial charge in [0.05, 0.1) is 0 Å². The van der Waals surface area contributed by atoms with E-state index in [2.05, 4.69) is 105 Å². The van der Waals surface area contributed by atoms with Gasteiger partial charge in [0.25, 0.3) is 0 Å².